The average Bonchev–Trinajstić information content (AvgIpc) is 3.32. The second-order valence-electron chi connectivity index (χ2n) is 9.84. The van der Waals surface area contributed by atoms with E-state index in [-0.39, 0.29) is 29.8 Å². The molecule has 2 atom stereocenters. The van der Waals surface area contributed by atoms with Gasteiger partial charge in [0.05, 0.1) is 42.1 Å². The van der Waals surface area contributed by atoms with Crippen LogP contribution in [0.2, 0.25) is 0 Å². The fourth-order valence-electron chi connectivity index (χ4n) is 5.01. The predicted octanol–water partition coefficient (Wildman–Crippen LogP) is 3.52. The molecular formula is C27H26F3N5O5S. The second-order valence-corrected chi connectivity index (χ2v) is 11.9. The van der Waals surface area contributed by atoms with Crippen molar-refractivity contribution in [2.75, 3.05) is 36.2 Å². The fraction of sp³-hybridized carbons (Fsp3) is 0.333. The summed E-state index contributed by atoms with van der Waals surface area (Å²) in [7, 11) is -3.47. The Hall–Kier alpha value is -4.04. The number of fused-ring (bicyclic) bond motifs is 1. The molecule has 41 heavy (non-hydrogen) atoms. The van der Waals surface area contributed by atoms with Gasteiger partial charge in [0, 0.05) is 26.3 Å². The van der Waals surface area contributed by atoms with Crippen LogP contribution in [-0.2, 0) is 36.9 Å². The number of nitrogens with one attached hydrogen (secondary N) is 1. The summed E-state index contributed by atoms with van der Waals surface area (Å²) in [4.78, 5) is 37.7. The van der Waals surface area contributed by atoms with Gasteiger partial charge in [-0.15, -0.1) is 0 Å². The van der Waals surface area contributed by atoms with E-state index in [0.717, 1.165) is 18.4 Å². The molecule has 2 amide bonds. The number of morpholine rings is 1. The maximum absolute atomic E-state index is 13.3. The number of carbonyl (C=O) groups excluding carboxylic acids is 2. The summed E-state index contributed by atoms with van der Waals surface area (Å²) in [5.41, 5.74) is 0.960. The maximum Gasteiger partial charge on any atom is 0.416 e. The van der Waals surface area contributed by atoms with E-state index in [9.17, 15) is 31.2 Å². The molecule has 1 saturated heterocycles. The van der Waals surface area contributed by atoms with Crippen LogP contribution in [0.5, 0.6) is 0 Å². The molecule has 2 aliphatic heterocycles. The Morgan fingerprint density at radius 1 is 1.07 bits per heavy atom. The number of anilines is 2. The molecule has 1 aromatic heterocycles. The van der Waals surface area contributed by atoms with Crippen LogP contribution in [0.4, 0.5) is 24.8 Å². The summed E-state index contributed by atoms with van der Waals surface area (Å²) in [5.74, 6) is -0.323. The van der Waals surface area contributed by atoms with Gasteiger partial charge in [0.25, 0.3) is 5.91 Å². The molecule has 0 spiro atoms. The smallest absolute Gasteiger partial charge is 0.377 e. The number of rotatable bonds is 5. The Kier molecular flexibility index (Phi) is 7.46. The van der Waals surface area contributed by atoms with Gasteiger partial charge in [0.15, 0.2) is 15.7 Å². The Morgan fingerprint density at radius 3 is 2.41 bits per heavy atom. The van der Waals surface area contributed by atoms with Gasteiger partial charge in [-0.25, -0.2) is 18.4 Å². The van der Waals surface area contributed by atoms with Crippen molar-refractivity contribution in [1.82, 2.24) is 14.9 Å². The standard InChI is InChI=1S/C27H26F3N5O5S/c1-16(36)35-14-18-11-20(41(2,38)39)7-8-21(18)25(35)26(37)33-23-12-32-24(13-31-23)34-9-10-40-15-22(34)17-3-5-19(6-4-17)27(28,29)30/h3-8,11-13,22,25H,9-10,14-15H2,1-2H3,(H,31,33,37)/t22-,25-/m1/s1. The summed E-state index contributed by atoms with van der Waals surface area (Å²) in [6.07, 6.45) is -0.551. The first-order chi connectivity index (χ1) is 19.3. The minimum atomic E-state index is -4.44. The largest absolute Gasteiger partial charge is 0.416 e. The Morgan fingerprint density at radius 2 is 1.80 bits per heavy atom. The zero-order valence-electron chi connectivity index (χ0n) is 22.1. The summed E-state index contributed by atoms with van der Waals surface area (Å²) in [6.45, 7) is 2.47. The highest BCUT2D eigenvalue weighted by molar-refractivity contribution is 7.90. The van der Waals surface area contributed by atoms with Crippen LogP contribution in [-0.4, -0.2) is 61.1 Å². The maximum atomic E-state index is 13.3. The third kappa shape index (κ3) is 5.88. The van der Waals surface area contributed by atoms with Gasteiger partial charge in [-0.1, -0.05) is 18.2 Å². The normalized spacial score (nSPS) is 19.1. The average molecular weight is 590 g/mol. The van der Waals surface area contributed by atoms with Crippen LogP contribution in [0.15, 0.2) is 59.8 Å². The molecule has 3 heterocycles. The van der Waals surface area contributed by atoms with Crippen molar-refractivity contribution < 1.29 is 35.9 Å². The molecule has 2 aromatic carbocycles. The van der Waals surface area contributed by atoms with Gasteiger partial charge in [0.2, 0.25) is 5.91 Å². The first kappa shape index (κ1) is 28.5. The first-order valence-electron chi connectivity index (χ1n) is 12.6. The van der Waals surface area contributed by atoms with E-state index < -0.39 is 39.6 Å². The Labute approximate surface area is 234 Å². The third-order valence-corrected chi connectivity index (χ3v) is 8.19. The number of halogens is 3. The first-order valence-corrected chi connectivity index (χ1v) is 14.5. The van der Waals surface area contributed by atoms with E-state index >= 15 is 0 Å². The molecule has 0 radical (unpaired) electrons. The van der Waals surface area contributed by atoms with Gasteiger partial charge in [0.1, 0.15) is 11.9 Å². The zero-order valence-corrected chi connectivity index (χ0v) is 22.9. The van der Waals surface area contributed by atoms with Gasteiger partial charge in [-0.3, -0.25) is 9.59 Å². The lowest BCUT2D eigenvalue weighted by atomic mass is 10.0. The van der Waals surface area contributed by atoms with E-state index in [1.165, 1.54) is 54.5 Å². The summed E-state index contributed by atoms with van der Waals surface area (Å²) >= 11 is 0. The number of nitrogens with zero attached hydrogens (tertiary/aromatic N) is 4. The SMILES string of the molecule is CC(=O)N1Cc2cc(S(C)(=O)=O)ccc2[C@@H]1C(=O)Nc1cnc(N2CCOC[C@@H]2c2ccc(C(F)(F)F)cc2)cn1. The number of carbonyl (C=O) groups is 2. The van der Waals surface area contributed by atoms with E-state index in [2.05, 4.69) is 15.3 Å². The molecule has 1 N–H and O–H groups in total. The predicted molar refractivity (Wildman–Crippen MR) is 142 cm³/mol. The van der Waals surface area contributed by atoms with Gasteiger partial charge < -0.3 is 19.9 Å². The van der Waals surface area contributed by atoms with E-state index in [1.807, 2.05) is 4.90 Å². The minimum absolute atomic E-state index is 0.0824. The molecule has 5 rings (SSSR count). The second kappa shape index (κ2) is 10.7. The molecule has 0 aliphatic carbocycles. The monoisotopic (exact) mass is 589 g/mol. The van der Waals surface area contributed by atoms with E-state index in [0.29, 0.717) is 35.7 Å². The van der Waals surface area contributed by atoms with Crippen molar-refractivity contribution in [2.24, 2.45) is 0 Å². The molecule has 0 bridgehead atoms. The van der Waals surface area contributed by atoms with Crippen LogP contribution < -0.4 is 10.2 Å². The number of sulfone groups is 1. The molecule has 2 aliphatic rings. The van der Waals surface area contributed by atoms with Crippen molar-refractivity contribution in [2.45, 2.75) is 36.6 Å². The number of benzene rings is 2. The highest BCUT2D eigenvalue weighted by Crippen LogP contribution is 2.36. The topological polar surface area (TPSA) is 122 Å². The van der Waals surface area contributed by atoms with Crippen LogP contribution in [0.25, 0.3) is 0 Å². The fourth-order valence-corrected chi connectivity index (χ4v) is 5.68. The number of aromatic nitrogens is 2. The lowest BCUT2D eigenvalue weighted by Gasteiger charge is -2.36. The van der Waals surface area contributed by atoms with Crippen molar-refractivity contribution in [3.8, 4) is 0 Å². The number of ether oxygens (including phenoxy) is 1. The number of hydrogen-bond acceptors (Lipinski definition) is 8. The summed E-state index contributed by atoms with van der Waals surface area (Å²) < 4.78 is 68.5. The molecule has 14 heteroatoms. The Balaban J connectivity index is 1.34. The van der Waals surface area contributed by atoms with Crippen molar-refractivity contribution in [1.29, 1.82) is 0 Å². The molecule has 10 nitrogen and oxygen atoms in total. The Bertz CT molecular complexity index is 1580. The summed E-state index contributed by atoms with van der Waals surface area (Å²) in [6, 6.07) is 7.91. The lowest BCUT2D eigenvalue weighted by Crippen LogP contribution is -2.40. The summed E-state index contributed by atoms with van der Waals surface area (Å²) in [5, 5.41) is 2.67. The highest BCUT2D eigenvalue weighted by Gasteiger charge is 2.38. The van der Waals surface area contributed by atoms with Crippen LogP contribution in [0, 0.1) is 0 Å². The van der Waals surface area contributed by atoms with E-state index in [1.54, 1.807) is 0 Å². The van der Waals surface area contributed by atoms with Gasteiger partial charge in [-0.05, 0) is 41.0 Å². The van der Waals surface area contributed by atoms with Crippen molar-refractivity contribution in [3.63, 3.8) is 0 Å². The van der Waals surface area contributed by atoms with Crippen molar-refractivity contribution in [3.05, 3.63) is 77.1 Å². The van der Waals surface area contributed by atoms with Gasteiger partial charge in [-0.2, -0.15) is 13.2 Å². The quantitative estimate of drug-likeness (QED) is 0.480. The minimum Gasteiger partial charge on any atom is -0.377 e. The zero-order chi connectivity index (χ0) is 29.5. The molecule has 1 fully saturated rings. The lowest BCUT2D eigenvalue weighted by molar-refractivity contribution is -0.137. The number of amides is 2. The molecular weight excluding hydrogens is 563 g/mol. The third-order valence-electron chi connectivity index (χ3n) is 7.08. The highest BCUT2D eigenvalue weighted by atomic mass is 32.2. The van der Waals surface area contributed by atoms with Crippen LogP contribution in [0.1, 0.15) is 41.3 Å². The molecule has 216 valence electrons. The van der Waals surface area contributed by atoms with E-state index in [4.69, 9.17) is 4.74 Å². The molecule has 0 unspecified atom stereocenters. The van der Waals surface area contributed by atoms with Crippen molar-refractivity contribution >= 4 is 33.3 Å². The van der Waals surface area contributed by atoms with Crippen LogP contribution in [0.3, 0.4) is 0 Å². The molecule has 0 saturated carbocycles. The van der Waals surface area contributed by atoms with Crippen LogP contribution >= 0.6 is 0 Å². The number of alkyl halides is 3. The number of hydrogen-bond donors (Lipinski definition) is 1. The molecule has 3 aromatic rings. The van der Waals surface area contributed by atoms with Gasteiger partial charge >= 0.3 is 6.18 Å².